The maximum Gasteiger partial charge on any atom is 0.344 e. The Kier molecular flexibility index (Phi) is 6.52. The molecule has 0 bridgehead atoms. The minimum Gasteiger partial charge on any atom is -0.460 e. The molecule has 22 heavy (non-hydrogen) atoms. The Hall–Kier alpha value is -2.41. The Morgan fingerprint density at radius 2 is 2.09 bits per heavy atom. The van der Waals surface area contributed by atoms with Crippen LogP contribution in [-0.4, -0.2) is 29.6 Å². The van der Waals surface area contributed by atoms with Crippen LogP contribution >= 0.6 is 11.6 Å². The number of halogens is 1. The lowest BCUT2D eigenvalue weighted by molar-refractivity contribution is -0.384. The first-order valence-corrected chi connectivity index (χ1v) is 6.65. The summed E-state index contributed by atoms with van der Waals surface area (Å²) in [6.45, 7) is 2.85. The fourth-order valence-electron chi connectivity index (χ4n) is 1.41. The van der Waals surface area contributed by atoms with Crippen molar-refractivity contribution in [2.45, 2.75) is 20.0 Å². The molecule has 7 nitrogen and oxygen atoms in total. The van der Waals surface area contributed by atoms with Crippen LogP contribution in [0.2, 0.25) is 5.02 Å². The van der Waals surface area contributed by atoms with Crippen LogP contribution in [0.4, 0.5) is 5.69 Å². The van der Waals surface area contributed by atoms with Crippen molar-refractivity contribution in [3.05, 3.63) is 45.0 Å². The van der Waals surface area contributed by atoms with Gasteiger partial charge in [0.25, 0.3) is 5.69 Å². The number of ether oxygens (including phenoxy) is 2. The van der Waals surface area contributed by atoms with E-state index in [0.717, 1.165) is 6.08 Å². The molecule has 1 rings (SSSR count). The number of nitro benzene ring substituents is 1. The summed E-state index contributed by atoms with van der Waals surface area (Å²) in [7, 11) is 0. The Bertz CT molecular complexity index is 611. The van der Waals surface area contributed by atoms with E-state index >= 15 is 0 Å². The molecule has 0 saturated carbocycles. The zero-order valence-corrected chi connectivity index (χ0v) is 12.7. The Balaban J connectivity index is 2.61. The summed E-state index contributed by atoms with van der Waals surface area (Å²) >= 11 is 5.67. The Labute approximate surface area is 131 Å². The third kappa shape index (κ3) is 5.92. The Morgan fingerprint density at radius 1 is 1.41 bits per heavy atom. The van der Waals surface area contributed by atoms with E-state index in [4.69, 9.17) is 16.3 Å². The number of carbonyl (C=O) groups is 2. The van der Waals surface area contributed by atoms with Crippen molar-refractivity contribution in [3.8, 4) is 0 Å². The summed E-state index contributed by atoms with van der Waals surface area (Å²) in [6.07, 6.45) is 2.08. The molecule has 0 heterocycles. The highest BCUT2D eigenvalue weighted by Gasteiger charge is 2.12. The predicted molar refractivity (Wildman–Crippen MR) is 79.3 cm³/mol. The van der Waals surface area contributed by atoms with Crippen LogP contribution in [-0.2, 0) is 19.1 Å². The van der Waals surface area contributed by atoms with Crippen molar-refractivity contribution >= 4 is 35.3 Å². The second-order valence-electron chi connectivity index (χ2n) is 4.45. The Morgan fingerprint density at radius 3 is 2.68 bits per heavy atom. The summed E-state index contributed by atoms with van der Waals surface area (Å²) in [5.74, 6) is -1.42. The van der Waals surface area contributed by atoms with Crippen molar-refractivity contribution in [2.24, 2.45) is 0 Å². The van der Waals surface area contributed by atoms with Gasteiger partial charge in [-0.2, -0.15) is 0 Å². The zero-order valence-electron chi connectivity index (χ0n) is 11.9. The monoisotopic (exact) mass is 327 g/mol. The fraction of sp³-hybridized carbons (Fsp3) is 0.286. The highest BCUT2D eigenvalue weighted by molar-refractivity contribution is 6.32. The molecule has 1 aromatic carbocycles. The topological polar surface area (TPSA) is 95.7 Å². The van der Waals surface area contributed by atoms with Gasteiger partial charge in [-0.05, 0) is 31.6 Å². The van der Waals surface area contributed by atoms with Gasteiger partial charge in [0.15, 0.2) is 6.61 Å². The molecule has 0 amide bonds. The van der Waals surface area contributed by atoms with Crippen molar-refractivity contribution in [1.82, 2.24) is 0 Å². The number of esters is 2. The molecule has 0 aliphatic rings. The third-order valence-corrected chi connectivity index (χ3v) is 2.60. The fourth-order valence-corrected chi connectivity index (χ4v) is 1.60. The lowest BCUT2D eigenvalue weighted by Crippen LogP contribution is -2.18. The molecule has 0 aliphatic carbocycles. The molecule has 0 atom stereocenters. The van der Waals surface area contributed by atoms with Crippen molar-refractivity contribution in [1.29, 1.82) is 0 Å². The minimum absolute atomic E-state index is 0.00107. The van der Waals surface area contributed by atoms with Gasteiger partial charge in [0, 0.05) is 12.1 Å². The smallest absolute Gasteiger partial charge is 0.344 e. The molecule has 0 N–H and O–H groups in total. The number of hydrogen-bond donors (Lipinski definition) is 0. The number of rotatable bonds is 6. The van der Waals surface area contributed by atoms with Crippen LogP contribution in [0, 0.1) is 10.1 Å². The highest BCUT2D eigenvalue weighted by Crippen LogP contribution is 2.25. The molecule has 0 radical (unpaired) electrons. The van der Waals surface area contributed by atoms with Gasteiger partial charge in [-0.25, -0.2) is 9.59 Å². The normalized spacial score (nSPS) is 10.7. The van der Waals surface area contributed by atoms with Gasteiger partial charge in [0.05, 0.1) is 11.0 Å². The summed E-state index contributed by atoms with van der Waals surface area (Å²) < 4.78 is 9.46. The van der Waals surface area contributed by atoms with Crippen LogP contribution in [0.1, 0.15) is 19.4 Å². The van der Waals surface area contributed by atoms with Gasteiger partial charge in [0.1, 0.15) is 5.02 Å². The van der Waals surface area contributed by atoms with E-state index in [-0.39, 0.29) is 16.8 Å². The van der Waals surface area contributed by atoms with E-state index < -0.39 is 23.5 Å². The average Bonchev–Trinajstić information content (AvgIpc) is 2.43. The lowest BCUT2D eigenvalue weighted by Gasteiger charge is -2.07. The van der Waals surface area contributed by atoms with E-state index in [1.54, 1.807) is 13.8 Å². The first-order valence-electron chi connectivity index (χ1n) is 6.28. The van der Waals surface area contributed by atoms with Gasteiger partial charge in [-0.3, -0.25) is 10.1 Å². The molecule has 0 spiro atoms. The molecule has 1 aromatic rings. The van der Waals surface area contributed by atoms with Crippen LogP contribution in [0.3, 0.4) is 0 Å². The molecule has 0 aromatic heterocycles. The van der Waals surface area contributed by atoms with Gasteiger partial charge in [0.2, 0.25) is 0 Å². The number of nitro groups is 1. The highest BCUT2D eigenvalue weighted by atomic mass is 35.5. The molecular weight excluding hydrogens is 314 g/mol. The number of carbonyl (C=O) groups excluding carboxylic acids is 2. The van der Waals surface area contributed by atoms with Crippen LogP contribution in [0.15, 0.2) is 24.3 Å². The van der Waals surface area contributed by atoms with Gasteiger partial charge >= 0.3 is 11.9 Å². The van der Waals surface area contributed by atoms with Gasteiger partial charge < -0.3 is 9.47 Å². The van der Waals surface area contributed by atoms with Gasteiger partial charge in [-0.15, -0.1) is 0 Å². The molecule has 0 unspecified atom stereocenters. The first kappa shape index (κ1) is 17.6. The quantitative estimate of drug-likeness (QED) is 0.345. The van der Waals surface area contributed by atoms with E-state index in [9.17, 15) is 19.7 Å². The van der Waals surface area contributed by atoms with E-state index in [0.29, 0.717) is 5.56 Å². The summed E-state index contributed by atoms with van der Waals surface area (Å²) in [5, 5.41) is 10.7. The van der Waals surface area contributed by atoms with Gasteiger partial charge in [-0.1, -0.05) is 17.7 Å². The first-order chi connectivity index (χ1) is 10.3. The van der Waals surface area contributed by atoms with E-state index in [1.165, 1.54) is 24.3 Å². The molecule has 8 heteroatoms. The average molecular weight is 328 g/mol. The van der Waals surface area contributed by atoms with Crippen LogP contribution < -0.4 is 0 Å². The van der Waals surface area contributed by atoms with E-state index in [1.807, 2.05) is 0 Å². The largest absolute Gasteiger partial charge is 0.460 e. The molecular formula is C14H14ClNO6. The number of benzene rings is 1. The zero-order chi connectivity index (χ0) is 16.7. The molecule has 0 fully saturated rings. The number of nitrogens with zero attached hydrogens (tertiary/aromatic N) is 1. The second kappa shape index (κ2) is 8.14. The maximum absolute atomic E-state index is 11.4. The van der Waals surface area contributed by atoms with Crippen molar-refractivity contribution in [2.75, 3.05) is 6.61 Å². The van der Waals surface area contributed by atoms with Crippen molar-refractivity contribution in [3.63, 3.8) is 0 Å². The molecule has 118 valence electrons. The SMILES string of the molecule is CC(C)OC(=O)COC(=O)/C=C\c1ccc(Cl)c([N+](=O)[O-])c1. The van der Waals surface area contributed by atoms with Crippen LogP contribution in [0.25, 0.3) is 6.08 Å². The summed E-state index contributed by atoms with van der Waals surface area (Å²) in [5.41, 5.74) is 0.135. The number of hydrogen-bond acceptors (Lipinski definition) is 6. The maximum atomic E-state index is 11.4. The second-order valence-corrected chi connectivity index (χ2v) is 4.85. The summed E-state index contributed by atoms with van der Waals surface area (Å²) in [4.78, 5) is 32.7. The molecule has 0 saturated heterocycles. The lowest BCUT2D eigenvalue weighted by atomic mass is 10.2. The minimum atomic E-state index is -0.765. The van der Waals surface area contributed by atoms with Crippen molar-refractivity contribution < 1.29 is 24.0 Å². The standard InChI is InChI=1S/C14H14ClNO6/c1-9(2)22-14(18)8-21-13(17)6-4-10-3-5-11(15)12(7-10)16(19)20/h3-7,9H,8H2,1-2H3/b6-4-. The third-order valence-electron chi connectivity index (χ3n) is 2.28. The van der Waals surface area contributed by atoms with E-state index in [2.05, 4.69) is 4.74 Å². The predicted octanol–water partition coefficient (Wildman–Crippen LogP) is 2.76. The summed E-state index contributed by atoms with van der Waals surface area (Å²) in [6, 6.07) is 4.08. The van der Waals surface area contributed by atoms with Crippen LogP contribution in [0.5, 0.6) is 0 Å². The molecule has 0 aliphatic heterocycles.